The molecule has 1 fully saturated rings. The number of hydrogen-bond acceptors (Lipinski definition) is 7. The predicted molar refractivity (Wildman–Crippen MR) is 103 cm³/mol. The Hall–Kier alpha value is -3.80. The van der Waals surface area contributed by atoms with Crippen LogP contribution in [-0.4, -0.2) is 63.2 Å². The van der Waals surface area contributed by atoms with Crippen LogP contribution in [0.3, 0.4) is 0 Å². The van der Waals surface area contributed by atoms with Crippen LogP contribution in [0.1, 0.15) is 45.7 Å². The number of nitrogens with zero attached hydrogens (tertiary/aromatic N) is 5. The van der Waals surface area contributed by atoms with Crippen molar-refractivity contribution < 1.29 is 19.1 Å². The molecular weight excluding hydrogens is 386 g/mol. The summed E-state index contributed by atoms with van der Waals surface area (Å²) >= 11 is 0. The largest absolute Gasteiger partial charge is 0.470 e. The molecule has 3 heterocycles. The lowest BCUT2D eigenvalue weighted by atomic mass is 10.1. The number of benzene rings is 1. The quantitative estimate of drug-likeness (QED) is 0.667. The summed E-state index contributed by atoms with van der Waals surface area (Å²) < 4.78 is 5.74. The molecule has 1 atom stereocenters. The highest BCUT2D eigenvalue weighted by atomic mass is 16.5. The van der Waals surface area contributed by atoms with Crippen molar-refractivity contribution in [2.24, 2.45) is 0 Å². The van der Waals surface area contributed by atoms with Gasteiger partial charge in [-0.15, -0.1) is 0 Å². The zero-order valence-electron chi connectivity index (χ0n) is 16.2. The summed E-state index contributed by atoms with van der Waals surface area (Å²) in [6.45, 7) is 1.14. The van der Waals surface area contributed by atoms with Crippen LogP contribution < -0.4 is 4.74 Å². The molecule has 0 aliphatic carbocycles. The minimum atomic E-state index is -0.310. The number of imide groups is 1. The maximum Gasteiger partial charge on any atom is 0.261 e. The van der Waals surface area contributed by atoms with Crippen molar-refractivity contribution in [2.75, 3.05) is 19.6 Å². The first-order valence-corrected chi connectivity index (χ1v) is 9.69. The van der Waals surface area contributed by atoms with Crippen molar-refractivity contribution in [3.8, 4) is 11.9 Å². The third-order valence-corrected chi connectivity index (χ3v) is 5.20. The molecule has 0 N–H and O–H groups in total. The molecule has 2 aliphatic rings. The van der Waals surface area contributed by atoms with Crippen molar-refractivity contribution >= 4 is 17.7 Å². The van der Waals surface area contributed by atoms with Crippen molar-refractivity contribution in [2.45, 2.75) is 25.4 Å². The van der Waals surface area contributed by atoms with Gasteiger partial charge in [0, 0.05) is 38.3 Å². The molecule has 0 saturated carbocycles. The van der Waals surface area contributed by atoms with E-state index in [4.69, 9.17) is 10.00 Å². The molecule has 1 aromatic heterocycles. The van der Waals surface area contributed by atoms with Crippen LogP contribution in [0.15, 0.2) is 36.7 Å². The fourth-order valence-corrected chi connectivity index (χ4v) is 3.69. The summed E-state index contributed by atoms with van der Waals surface area (Å²) in [6.07, 6.45) is 3.88. The fourth-order valence-electron chi connectivity index (χ4n) is 3.69. The number of nitriles is 1. The van der Waals surface area contributed by atoms with Gasteiger partial charge >= 0.3 is 0 Å². The van der Waals surface area contributed by atoms with Gasteiger partial charge in [0.15, 0.2) is 0 Å². The third-order valence-electron chi connectivity index (χ3n) is 5.20. The zero-order chi connectivity index (χ0) is 21.1. The van der Waals surface area contributed by atoms with Crippen LogP contribution in [0.25, 0.3) is 0 Å². The Kier molecular flexibility index (Phi) is 5.39. The smallest absolute Gasteiger partial charge is 0.261 e. The van der Waals surface area contributed by atoms with E-state index in [9.17, 15) is 14.4 Å². The van der Waals surface area contributed by atoms with Gasteiger partial charge in [-0.3, -0.25) is 19.3 Å². The molecule has 1 unspecified atom stereocenters. The molecule has 30 heavy (non-hydrogen) atoms. The highest BCUT2D eigenvalue weighted by Crippen LogP contribution is 2.23. The number of aromatic nitrogens is 2. The zero-order valence-corrected chi connectivity index (χ0v) is 16.2. The van der Waals surface area contributed by atoms with Crippen LogP contribution in [0.2, 0.25) is 0 Å². The fraction of sp³-hybridized carbons (Fsp3) is 0.333. The second-order valence-electron chi connectivity index (χ2n) is 7.10. The average Bonchev–Trinajstić information content (AvgIpc) is 3.33. The molecular formula is C21H19N5O4. The summed E-state index contributed by atoms with van der Waals surface area (Å²) in [5, 5.41) is 9.07. The van der Waals surface area contributed by atoms with E-state index in [1.165, 1.54) is 17.3 Å². The molecule has 152 valence electrons. The van der Waals surface area contributed by atoms with Crippen LogP contribution in [0.5, 0.6) is 5.88 Å². The van der Waals surface area contributed by atoms with Gasteiger partial charge in [0.1, 0.15) is 12.2 Å². The Morgan fingerprint density at radius 1 is 1.17 bits per heavy atom. The van der Waals surface area contributed by atoms with E-state index in [1.807, 2.05) is 6.07 Å². The second kappa shape index (κ2) is 8.29. The monoisotopic (exact) mass is 405 g/mol. The topological polar surface area (TPSA) is 116 Å². The SMILES string of the molecule is N#Cc1nccnc1OC1CCN(C(=O)CCCN2C(=O)c3ccccc3C2=O)C1. The second-order valence-corrected chi connectivity index (χ2v) is 7.10. The van der Waals surface area contributed by atoms with E-state index in [1.54, 1.807) is 29.2 Å². The molecule has 1 saturated heterocycles. The molecule has 1 aromatic carbocycles. The van der Waals surface area contributed by atoms with Gasteiger partial charge in [0.25, 0.3) is 17.7 Å². The number of hydrogen-bond donors (Lipinski definition) is 0. The lowest BCUT2D eigenvalue weighted by Crippen LogP contribution is -2.33. The number of amides is 3. The molecule has 9 nitrogen and oxygen atoms in total. The van der Waals surface area contributed by atoms with Gasteiger partial charge in [-0.05, 0) is 18.6 Å². The minimum Gasteiger partial charge on any atom is -0.470 e. The summed E-state index contributed by atoms with van der Waals surface area (Å²) in [4.78, 5) is 48.1. The van der Waals surface area contributed by atoms with E-state index in [-0.39, 0.29) is 48.4 Å². The van der Waals surface area contributed by atoms with Gasteiger partial charge in [-0.25, -0.2) is 9.97 Å². The number of fused-ring (bicyclic) bond motifs is 1. The summed E-state index contributed by atoms with van der Waals surface area (Å²) in [5.74, 6) is -0.507. The van der Waals surface area contributed by atoms with Gasteiger partial charge in [0.2, 0.25) is 11.6 Å². The van der Waals surface area contributed by atoms with Gasteiger partial charge in [-0.2, -0.15) is 5.26 Å². The molecule has 2 aliphatic heterocycles. The van der Waals surface area contributed by atoms with Crippen molar-refractivity contribution in [3.63, 3.8) is 0 Å². The normalized spacial score (nSPS) is 17.8. The molecule has 0 bridgehead atoms. The predicted octanol–water partition coefficient (Wildman–Crippen LogP) is 1.40. The maximum absolute atomic E-state index is 12.5. The van der Waals surface area contributed by atoms with Crippen LogP contribution >= 0.6 is 0 Å². The van der Waals surface area contributed by atoms with E-state index in [2.05, 4.69) is 9.97 Å². The lowest BCUT2D eigenvalue weighted by Gasteiger charge is -2.18. The third kappa shape index (κ3) is 3.72. The Morgan fingerprint density at radius 2 is 1.87 bits per heavy atom. The van der Waals surface area contributed by atoms with E-state index in [0.717, 1.165) is 0 Å². The van der Waals surface area contributed by atoms with Gasteiger partial charge < -0.3 is 9.64 Å². The van der Waals surface area contributed by atoms with E-state index in [0.29, 0.717) is 37.1 Å². The summed E-state index contributed by atoms with van der Waals surface area (Å²) in [6, 6.07) is 8.66. The summed E-state index contributed by atoms with van der Waals surface area (Å²) in [5.41, 5.74) is 0.937. The summed E-state index contributed by atoms with van der Waals surface area (Å²) in [7, 11) is 0. The van der Waals surface area contributed by atoms with Crippen molar-refractivity contribution in [3.05, 3.63) is 53.5 Å². The average molecular weight is 405 g/mol. The number of carbonyl (C=O) groups is 3. The minimum absolute atomic E-state index is 0.0580. The number of likely N-dealkylation sites (tertiary alicyclic amines) is 1. The Labute approximate surface area is 172 Å². The molecule has 9 heteroatoms. The Bertz CT molecular complexity index is 1010. The first kappa shape index (κ1) is 19.5. The number of rotatable bonds is 6. The standard InChI is InChI=1S/C21H19N5O4/c22-12-17-19(24-9-8-23-17)30-14-7-11-25(13-14)18(27)6-3-10-26-20(28)15-4-1-2-5-16(15)21(26)29/h1-2,4-5,8-9,14H,3,6-7,10-11,13H2. The Balaban J connectivity index is 1.26. The highest BCUT2D eigenvalue weighted by Gasteiger charge is 2.35. The molecule has 0 spiro atoms. The molecule has 0 radical (unpaired) electrons. The van der Waals surface area contributed by atoms with E-state index < -0.39 is 0 Å². The van der Waals surface area contributed by atoms with E-state index >= 15 is 0 Å². The Morgan fingerprint density at radius 3 is 2.57 bits per heavy atom. The van der Waals surface area contributed by atoms with Gasteiger partial charge in [0.05, 0.1) is 17.7 Å². The van der Waals surface area contributed by atoms with Crippen LogP contribution in [0.4, 0.5) is 0 Å². The first-order valence-electron chi connectivity index (χ1n) is 9.69. The first-order chi connectivity index (χ1) is 14.6. The highest BCUT2D eigenvalue weighted by molar-refractivity contribution is 6.21. The number of carbonyl (C=O) groups excluding carboxylic acids is 3. The molecule has 3 amide bonds. The van der Waals surface area contributed by atoms with Gasteiger partial charge in [-0.1, -0.05) is 12.1 Å². The maximum atomic E-state index is 12.5. The van der Waals surface area contributed by atoms with Crippen LogP contribution in [0, 0.1) is 11.3 Å². The molecule has 2 aromatic rings. The van der Waals surface area contributed by atoms with Crippen molar-refractivity contribution in [1.82, 2.24) is 19.8 Å². The molecule has 4 rings (SSSR count). The number of ether oxygens (including phenoxy) is 1. The van der Waals surface area contributed by atoms with Crippen molar-refractivity contribution in [1.29, 1.82) is 5.26 Å². The lowest BCUT2D eigenvalue weighted by molar-refractivity contribution is -0.130. The van der Waals surface area contributed by atoms with Crippen LogP contribution in [-0.2, 0) is 4.79 Å².